The maximum absolute atomic E-state index is 12.4. The molecule has 1 aliphatic carbocycles. The number of nitrogens with one attached hydrogen (secondary N) is 1. The zero-order valence-corrected chi connectivity index (χ0v) is 14.2. The molecule has 0 heterocycles. The Balaban J connectivity index is 1.72. The minimum absolute atomic E-state index is 0.142. The Labute approximate surface area is 141 Å². The molecule has 1 amide bonds. The van der Waals surface area contributed by atoms with E-state index >= 15 is 0 Å². The highest BCUT2D eigenvalue weighted by Crippen LogP contribution is 2.31. The summed E-state index contributed by atoms with van der Waals surface area (Å²) in [4.78, 5) is 24.2. The lowest BCUT2D eigenvalue weighted by Gasteiger charge is -2.17. The third-order valence-corrected chi connectivity index (χ3v) is 4.35. The normalized spacial score (nSPS) is 14.2. The molecular formula is C20H21NO3. The average Bonchev–Trinajstić information content (AvgIpc) is 2.92. The maximum Gasteiger partial charge on any atom is 0.265 e. The molecule has 1 aliphatic rings. The molecule has 3 rings (SSSR count). The second-order valence-corrected chi connectivity index (χ2v) is 6.27. The summed E-state index contributed by atoms with van der Waals surface area (Å²) >= 11 is 0. The Kier molecular flexibility index (Phi) is 4.38. The zero-order chi connectivity index (χ0) is 17.3. The predicted molar refractivity (Wildman–Crippen MR) is 93.7 cm³/mol. The molecule has 0 radical (unpaired) electrons. The van der Waals surface area contributed by atoms with Crippen LogP contribution < -0.4 is 10.1 Å². The number of benzene rings is 2. The largest absolute Gasteiger partial charge is 0.481 e. The lowest BCUT2D eigenvalue weighted by Crippen LogP contribution is -2.30. The number of hydrogen-bond acceptors (Lipinski definition) is 3. The smallest absolute Gasteiger partial charge is 0.265 e. The van der Waals surface area contributed by atoms with E-state index in [4.69, 9.17) is 4.74 Å². The second kappa shape index (κ2) is 6.48. The molecule has 2 aromatic rings. The van der Waals surface area contributed by atoms with E-state index < -0.39 is 6.10 Å². The Hall–Kier alpha value is -2.62. The molecule has 0 unspecified atom stereocenters. The highest BCUT2D eigenvalue weighted by molar-refractivity contribution is 6.01. The highest BCUT2D eigenvalue weighted by Gasteiger charge is 2.24. The number of hydrogen-bond donors (Lipinski definition) is 1. The monoisotopic (exact) mass is 323 g/mol. The minimum Gasteiger partial charge on any atom is -0.481 e. The van der Waals surface area contributed by atoms with Gasteiger partial charge in [0.05, 0.1) is 0 Å². The molecule has 4 heteroatoms. The van der Waals surface area contributed by atoms with Gasteiger partial charge in [-0.2, -0.15) is 0 Å². The molecule has 0 spiro atoms. The molecule has 0 bridgehead atoms. The van der Waals surface area contributed by atoms with Gasteiger partial charge in [0.15, 0.2) is 11.9 Å². The van der Waals surface area contributed by atoms with E-state index in [1.165, 1.54) is 0 Å². The van der Waals surface area contributed by atoms with Crippen molar-refractivity contribution >= 4 is 17.4 Å². The Morgan fingerprint density at radius 1 is 1.17 bits per heavy atom. The maximum atomic E-state index is 12.4. The fourth-order valence-corrected chi connectivity index (χ4v) is 3.00. The van der Waals surface area contributed by atoms with Crippen LogP contribution in [0.25, 0.3) is 0 Å². The first-order chi connectivity index (χ1) is 11.5. The van der Waals surface area contributed by atoms with Gasteiger partial charge in [0.1, 0.15) is 5.75 Å². The molecule has 124 valence electrons. The third kappa shape index (κ3) is 3.18. The van der Waals surface area contributed by atoms with Gasteiger partial charge in [-0.3, -0.25) is 9.59 Å². The van der Waals surface area contributed by atoms with E-state index in [1.54, 1.807) is 13.0 Å². The van der Waals surface area contributed by atoms with Crippen LogP contribution in [0.1, 0.15) is 40.4 Å². The van der Waals surface area contributed by atoms with Crippen molar-refractivity contribution in [2.45, 2.75) is 39.7 Å². The van der Waals surface area contributed by atoms with Gasteiger partial charge >= 0.3 is 0 Å². The number of ketones is 1. The lowest BCUT2D eigenvalue weighted by molar-refractivity contribution is -0.122. The van der Waals surface area contributed by atoms with E-state index in [-0.39, 0.29) is 11.7 Å². The minimum atomic E-state index is -0.645. The van der Waals surface area contributed by atoms with Crippen molar-refractivity contribution in [1.29, 1.82) is 0 Å². The average molecular weight is 323 g/mol. The molecular weight excluding hydrogens is 302 g/mol. The van der Waals surface area contributed by atoms with Crippen LogP contribution in [-0.4, -0.2) is 17.8 Å². The summed E-state index contributed by atoms with van der Waals surface area (Å²) in [6.45, 7) is 5.69. The zero-order valence-electron chi connectivity index (χ0n) is 14.2. The molecule has 0 saturated heterocycles. The van der Waals surface area contributed by atoms with Gasteiger partial charge in [-0.1, -0.05) is 29.8 Å². The van der Waals surface area contributed by atoms with E-state index in [0.717, 1.165) is 27.9 Å². The quantitative estimate of drug-likeness (QED) is 0.930. The van der Waals surface area contributed by atoms with Crippen LogP contribution in [0.5, 0.6) is 5.75 Å². The number of amides is 1. The molecule has 0 aromatic heterocycles. The van der Waals surface area contributed by atoms with Crippen LogP contribution in [0.4, 0.5) is 5.69 Å². The van der Waals surface area contributed by atoms with Crippen molar-refractivity contribution in [3.8, 4) is 5.75 Å². The summed E-state index contributed by atoms with van der Waals surface area (Å²) in [7, 11) is 0. The summed E-state index contributed by atoms with van der Waals surface area (Å²) in [6, 6.07) is 11.3. The summed E-state index contributed by atoms with van der Waals surface area (Å²) < 4.78 is 5.84. The second-order valence-electron chi connectivity index (χ2n) is 6.27. The van der Waals surface area contributed by atoms with Crippen molar-refractivity contribution in [3.05, 3.63) is 58.7 Å². The van der Waals surface area contributed by atoms with E-state index in [0.29, 0.717) is 18.6 Å². The van der Waals surface area contributed by atoms with Gasteiger partial charge in [0, 0.05) is 23.2 Å². The first-order valence-corrected chi connectivity index (χ1v) is 8.15. The molecule has 0 saturated carbocycles. The number of rotatable bonds is 4. The number of Topliss-reactive ketones (excluding diaryl/α,β-unsaturated/α-hetero) is 1. The summed E-state index contributed by atoms with van der Waals surface area (Å²) in [5.41, 5.74) is 4.58. The van der Waals surface area contributed by atoms with E-state index in [9.17, 15) is 9.59 Å². The molecule has 2 aromatic carbocycles. The predicted octanol–water partition coefficient (Wildman–Crippen LogP) is 3.84. The standard InChI is InChI=1S/C20H21NO3/c1-12-7-9-17(13(2)11-12)21-20(23)14(3)24-19-6-4-5-15-16(19)8-10-18(15)22/h4-7,9,11,14H,8,10H2,1-3H3,(H,21,23)/t14-/m0/s1. The number of carbonyl (C=O) groups is 2. The molecule has 4 nitrogen and oxygen atoms in total. The first-order valence-electron chi connectivity index (χ1n) is 8.15. The van der Waals surface area contributed by atoms with Crippen molar-refractivity contribution in [3.63, 3.8) is 0 Å². The Morgan fingerprint density at radius 2 is 1.96 bits per heavy atom. The van der Waals surface area contributed by atoms with Crippen LogP contribution >= 0.6 is 0 Å². The molecule has 1 N–H and O–H groups in total. The Morgan fingerprint density at radius 3 is 2.71 bits per heavy atom. The Bertz CT molecular complexity index is 811. The van der Waals surface area contributed by atoms with Crippen molar-refractivity contribution in [2.24, 2.45) is 0 Å². The lowest BCUT2D eigenvalue weighted by atomic mass is 10.1. The molecule has 24 heavy (non-hydrogen) atoms. The molecule has 1 atom stereocenters. The number of ether oxygens (including phenoxy) is 1. The summed E-state index contributed by atoms with van der Waals surface area (Å²) in [6.07, 6.45) is 0.544. The van der Waals surface area contributed by atoms with Gasteiger partial charge < -0.3 is 10.1 Å². The number of aryl methyl sites for hydroxylation is 2. The number of fused-ring (bicyclic) bond motifs is 1. The van der Waals surface area contributed by atoms with Crippen LogP contribution in [0.15, 0.2) is 36.4 Å². The highest BCUT2D eigenvalue weighted by atomic mass is 16.5. The summed E-state index contributed by atoms with van der Waals surface area (Å²) in [5, 5.41) is 2.90. The van der Waals surface area contributed by atoms with Crippen molar-refractivity contribution in [2.75, 3.05) is 5.32 Å². The van der Waals surface area contributed by atoms with Crippen molar-refractivity contribution < 1.29 is 14.3 Å². The topological polar surface area (TPSA) is 55.4 Å². The fraction of sp³-hybridized carbons (Fsp3) is 0.300. The molecule has 0 fully saturated rings. The van der Waals surface area contributed by atoms with Crippen LogP contribution in [0.3, 0.4) is 0 Å². The van der Waals surface area contributed by atoms with Gasteiger partial charge in [-0.05, 0) is 44.9 Å². The number of anilines is 1. The van der Waals surface area contributed by atoms with E-state index in [1.807, 2.05) is 44.2 Å². The van der Waals surface area contributed by atoms with Crippen LogP contribution in [0.2, 0.25) is 0 Å². The fourth-order valence-electron chi connectivity index (χ4n) is 3.00. The van der Waals surface area contributed by atoms with Gasteiger partial charge in [0.25, 0.3) is 5.91 Å². The van der Waals surface area contributed by atoms with Crippen LogP contribution in [0, 0.1) is 13.8 Å². The van der Waals surface area contributed by atoms with Gasteiger partial charge in [-0.15, -0.1) is 0 Å². The van der Waals surface area contributed by atoms with Gasteiger partial charge in [-0.25, -0.2) is 0 Å². The first kappa shape index (κ1) is 16.2. The van der Waals surface area contributed by atoms with Crippen molar-refractivity contribution in [1.82, 2.24) is 0 Å². The van der Waals surface area contributed by atoms with Gasteiger partial charge in [0.2, 0.25) is 0 Å². The summed E-state index contributed by atoms with van der Waals surface area (Å²) in [5.74, 6) is 0.563. The van der Waals surface area contributed by atoms with E-state index in [2.05, 4.69) is 5.32 Å². The number of carbonyl (C=O) groups excluding carboxylic acids is 2. The molecule has 0 aliphatic heterocycles. The third-order valence-electron chi connectivity index (χ3n) is 4.35. The van der Waals surface area contributed by atoms with Crippen LogP contribution in [-0.2, 0) is 11.2 Å². The SMILES string of the molecule is Cc1ccc(NC(=O)[C@H](C)Oc2cccc3c2CCC3=O)c(C)c1.